The number of para-hydroxylation sites is 1. The van der Waals surface area contributed by atoms with Crippen LogP contribution in [0, 0.1) is 6.92 Å². The number of anilines is 1. The molecule has 0 atom stereocenters. The second kappa shape index (κ2) is 5.11. The Kier molecular flexibility index (Phi) is 2.96. The average molecular weight is 289 g/mol. The molecule has 5 nitrogen and oxygen atoms in total. The fraction of sp³-hybridized carbons (Fsp3) is 0.118. The van der Waals surface area contributed by atoms with Gasteiger partial charge in [-0.25, -0.2) is 15.0 Å². The highest BCUT2D eigenvalue weighted by Gasteiger charge is 2.05. The van der Waals surface area contributed by atoms with Crippen molar-refractivity contribution < 1.29 is 0 Å². The van der Waals surface area contributed by atoms with Crippen LogP contribution in [0.3, 0.4) is 0 Å². The summed E-state index contributed by atoms with van der Waals surface area (Å²) in [5.41, 5.74) is 4.05. The van der Waals surface area contributed by atoms with Crippen molar-refractivity contribution in [2.75, 3.05) is 5.32 Å². The number of rotatable bonds is 3. The molecule has 4 rings (SSSR count). The van der Waals surface area contributed by atoms with E-state index < -0.39 is 0 Å². The molecule has 0 saturated carbocycles. The van der Waals surface area contributed by atoms with Gasteiger partial charge in [-0.2, -0.15) is 0 Å². The first-order valence-electron chi connectivity index (χ1n) is 7.18. The van der Waals surface area contributed by atoms with E-state index in [0.717, 1.165) is 28.1 Å². The van der Waals surface area contributed by atoms with Crippen LogP contribution in [0.5, 0.6) is 0 Å². The van der Waals surface area contributed by atoms with Crippen LogP contribution >= 0.6 is 0 Å². The summed E-state index contributed by atoms with van der Waals surface area (Å²) in [6, 6.07) is 14.1. The molecule has 1 N–H and O–H groups in total. The van der Waals surface area contributed by atoms with E-state index in [-0.39, 0.29) is 0 Å². The zero-order valence-corrected chi connectivity index (χ0v) is 12.2. The van der Waals surface area contributed by atoms with Crippen LogP contribution < -0.4 is 5.32 Å². The Morgan fingerprint density at radius 3 is 2.86 bits per heavy atom. The highest BCUT2D eigenvalue weighted by molar-refractivity contribution is 5.88. The predicted molar refractivity (Wildman–Crippen MR) is 86.8 cm³/mol. The molecule has 5 heteroatoms. The van der Waals surface area contributed by atoms with E-state index in [1.165, 1.54) is 5.69 Å². The van der Waals surface area contributed by atoms with Crippen LogP contribution in [-0.2, 0) is 6.54 Å². The van der Waals surface area contributed by atoms with Gasteiger partial charge in [0.2, 0.25) is 0 Å². The molecule has 3 heterocycles. The van der Waals surface area contributed by atoms with Gasteiger partial charge in [-0.05, 0) is 31.2 Å². The predicted octanol–water partition coefficient (Wildman–Crippen LogP) is 3.20. The molecule has 0 aliphatic heterocycles. The lowest BCUT2D eigenvalue weighted by Crippen LogP contribution is -2.02. The normalized spacial score (nSPS) is 11.1. The van der Waals surface area contributed by atoms with Gasteiger partial charge < -0.3 is 9.72 Å². The van der Waals surface area contributed by atoms with E-state index >= 15 is 0 Å². The third-order valence-electron chi connectivity index (χ3n) is 3.73. The molecular weight excluding hydrogens is 274 g/mol. The Balaban J connectivity index is 1.64. The minimum Gasteiger partial charge on any atom is -0.364 e. The standard InChI is InChI=1S/C17H15N5/c1-12-5-4-8-16-21-13(10-22(12)16)9-18-17-14-6-2-3-7-15(14)19-11-20-17/h2-8,10-11H,9H2,1H3,(H,18,19,20). The number of nitrogens with one attached hydrogen (secondary N) is 1. The van der Waals surface area contributed by atoms with Gasteiger partial charge in [0.05, 0.1) is 17.8 Å². The highest BCUT2D eigenvalue weighted by Crippen LogP contribution is 2.19. The van der Waals surface area contributed by atoms with Crippen LogP contribution in [0.1, 0.15) is 11.4 Å². The van der Waals surface area contributed by atoms with Gasteiger partial charge in [0.15, 0.2) is 0 Å². The van der Waals surface area contributed by atoms with Crippen molar-refractivity contribution in [3.05, 3.63) is 66.4 Å². The van der Waals surface area contributed by atoms with Crippen LogP contribution in [-0.4, -0.2) is 19.4 Å². The number of hydrogen-bond donors (Lipinski definition) is 1. The van der Waals surface area contributed by atoms with E-state index in [0.29, 0.717) is 6.54 Å². The smallest absolute Gasteiger partial charge is 0.137 e. The quantitative estimate of drug-likeness (QED) is 0.629. The van der Waals surface area contributed by atoms with Gasteiger partial charge in [-0.3, -0.25) is 0 Å². The summed E-state index contributed by atoms with van der Waals surface area (Å²) in [7, 11) is 0. The molecule has 0 fully saturated rings. The first-order valence-corrected chi connectivity index (χ1v) is 7.18. The lowest BCUT2D eigenvalue weighted by molar-refractivity contribution is 1.05. The first kappa shape index (κ1) is 12.8. The van der Waals surface area contributed by atoms with E-state index in [1.807, 2.05) is 36.4 Å². The molecule has 3 aromatic heterocycles. The van der Waals surface area contributed by atoms with Gasteiger partial charge in [-0.15, -0.1) is 0 Å². The molecule has 0 unspecified atom stereocenters. The zero-order chi connectivity index (χ0) is 14.9. The number of imidazole rings is 1. The van der Waals surface area contributed by atoms with E-state index in [1.54, 1.807) is 6.33 Å². The molecule has 1 aromatic carbocycles. The number of pyridine rings is 1. The summed E-state index contributed by atoms with van der Waals surface area (Å²) in [4.78, 5) is 13.2. The maximum atomic E-state index is 4.63. The van der Waals surface area contributed by atoms with Crippen molar-refractivity contribution in [1.82, 2.24) is 19.4 Å². The monoisotopic (exact) mass is 289 g/mol. The highest BCUT2D eigenvalue weighted by atomic mass is 15.1. The van der Waals surface area contributed by atoms with Gasteiger partial charge in [0, 0.05) is 17.3 Å². The molecule has 0 amide bonds. The van der Waals surface area contributed by atoms with Crippen molar-refractivity contribution in [1.29, 1.82) is 0 Å². The number of aryl methyl sites for hydroxylation is 1. The zero-order valence-electron chi connectivity index (χ0n) is 12.2. The van der Waals surface area contributed by atoms with Crippen molar-refractivity contribution in [3.8, 4) is 0 Å². The van der Waals surface area contributed by atoms with E-state index in [4.69, 9.17) is 0 Å². The first-order chi connectivity index (χ1) is 10.8. The van der Waals surface area contributed by atoms with Crippen molar-refractivity contribution in [2.24, 2.45) is 0 Å². The minimum absolute atomic E-state index is 0.627. The molecule has 0 aliphatic carbocycles. The van der Waals surface area contributed by atoms with Crippen LogP contribution in [0.2, 0.25) is 0 Å². The third-order valence-corrected chi connectivity index (χ3v) is 3.73. The molecular formula is C17H15N5. The Labute approximate surface area is 127 Å². The molecule has 0 aliphatic rings. The van der Waals surface area contributed by atoms with Crippen molar-refractivity contribution in [3.63, 3.8) is 0 Å². The summed E-state index contributed by atoms with van der Waals surface area (Å²) in [6.07, 6.45) is 3.64. The molecule has 22 heavy (non-hydrogen) atoms. The summed E-state index contributed by atoms with van der Waals surface area (Å²) in [6.45, 7) is 2.70. The Morgan fingerprint density at radius 1 is 1.05 bits per heavy atom. The van der Waals surface area contributed by atoms with Crippen LogP contribution in [0.25, 0.3) is 16.6 Å². The minimum atomic E-state index is 0.627. The maximum Gasteiger partial charge on any atom is 0.137 e. The number of hydrogen-bond acceptors (Lipinski definition) is 4. The molecule has 0 bridgehead atoms. The van der Waals surface area contributed by atoms with Gasteiger partial charge in [0.1, 0.15) is 17.8 Å². The van der Waals surface area contributed by atoms with Crippen molar-refractivity contribution in [2.45, 2.75) is 13.5 Å². The van der Waals surface area contributed by atoms with Crippen LogP contribution in [0.4, 0.5) is 5.82 Å². The van der Waals surface area contributed by atoms with Crippen molar-refractivity contribution >= 4 is 22.4 Å². The molecule has 0 spiro atoms. The lowest BCUT2D eigenvalue weighted by Gasteiger charge is -2.06. The molecule has 0 radical (unpaired) electrons. The Bertz CT molecular complexity index is 952. The molecule has 0 saturated heterocycles. The largest absolute Gasteiger partial charge is 0.364 e. The molecule has 108 valence electrons. The SMILES string of the molecule is Cc1cccc2nc(CNc3ncnc4ccccc34)cn12. The fourth-order valence-electron chi connectivity index (χ4n) is 2.60. The number of aromatic nitrogens is 4. The third kappa shape index (κ3) is 2.16. The number of nitrogens with zero attached hydrogens (tertiary/aromatic N) is 4. The lowest BCUT2D eigenvalue weighted by atomic mass is 10.2. The molecule has 4 aromatic rings. The fourth-order valence-corrected chi connectivity index (χ4v) is 2.60. The second-order valence-electron chi connectivity index (χ2n) is 5.22. The summed E-state index contributed by atoms with van der Waals surface area (Å²) >= 11 is 0. The Morgan fingerprint density at radius 2 is 1.95 bits per heavy atom. The van der Waals surface area contributed by atoms with Gasteiger partial charge in [-0.1, -0.05) is 18.2 Å². The van der Waals surface area contributed by atoms with E-state index in [2.05, 4.69) is 43.9 Å². The maximum absolute atomic E-state index is 4.63. The average Bonchev–Trinajstić information content (AvgIpc) is 2.97. The van der Waals surface area contributed by atoms with Gasteiger partial charge >= 0.3 is 0 Å². The number of benzene rings is 1. The van der Waals surface area contributed by atoms with E-state index in [9.17, 15) is 0 Å². The van der Waals surface area contributed by atoms with Gasteiger partial charge in [0.25, 0.3) is 0 Å². The van der Waals surface area contributed by atoms with Crippen LogP contribution in [0.15, 0.2) is 55.0 Å². The summed E-state index contributed by atoms with van der Waals surface area (Å²) in [5.74, 6) is 0.833. The number of fused-ring (bicyclic) bond motifs is 2. The summed E-state index contributed by atoms with van der Waals surface area (Å²) in [5, 5.41) is 4.38. The topological polar surface area (TPSA) is 55.1 Å². The second-order valence-corrected chi connectivity index (χ2v) is 5.22. The summed E-state index contributed by atoms with van der Waals surface area (Å²) < 4.78 is 2.09. The Hall–Kier alpha value is -2.95.